The number of amides is 1. The molecule has 0 bridgehead atoms. The van der Waals surface area contributed by atoms with Crippen molar-refractivity contribution in [2.75, 3.05) is 17.1 Å². The van der Waals surface area contributed by atoms with Crippen molar-refractivity contribution in [2.45, 2.75) is 18.0 Å². The average Bonchev–Trinajstić information content (AvgIpc) is 2.73. The summed E-state index contributed by atoms with van der Waals surface area (Å²) in [6, 6.07) is 14.6. The Balaban J connectivity index is 1.96. The Kier molecular flexibility index (Phi) is 6.45. The van der Waals surface area contributed by atoms with E-state index in [2.05, 4.69) is 5.32 Å². The lowest BCUT2D eigenvalue weighted by atomic mass is 10.1. The number of anilines is 2. The van der Waals surface area contributed by atoms with Crippen LogP contribution in [0, 0.1) is 6.92 Å². The molecule has 0 spiro atoms. The van der Waals surface area contributed by atoms with Crippen molar-refractivity contribution in [3.63, 3.8) is 0 Å². The van der Waals surface area contributed by atoms with E-state index in [0.717, 1.165) is 24.3 Å². The molecule has 3 aromatic rings. The van der Waals surface area contributed by atoms with Crippen LogP contribution in [0.2, 0.25) is 0 Å². The number of carbonyl (C=O) groups excluding carboxylic acids is 1. The van der Waals surface area contributed by atoms with Gasteiger partial charge in [0.1, 0.15) is 5.75 Å². The highest BCUT2D eigenvalue weighted by Crippen LogP contribution is 2.36. The lowest BCUT2D eigenvalue weighted by Gasteiger charge is -2.16. The SMILES string of the molecule is COc1ccc(S(=O)(=O)Nc2ccccc2C(F)(F)F)cc1NC(=O)c1ccccc1C. The average molecular weight is 464 g/mol. The topological polar surface area (TPSA) is 84.5 Å². The summed E-state index contributed by atoms with van der Waals surface area (Å²) in [5.41, 5.74) is -0.600. The molecule has 168 valence electrons. The first-order valence-corrected chi connectivity index (χ1v) is 10.8. The zero-order valence-electron chi connectivity index (χ0n) is 17.0. The Labute approximate surface area is 183 Å². The Morgan fingerprint density at radius 2 is 1.59 bits per heavy atom. The first kappa shape index (κ1) is 23.1. The third kappa shape index (κ3) is 5.02. The van der Waals surface area contributed by atoms with Gasteiger partial charge in [0.05, 0.1) is 28.9 Å². The van der Waals surface area contributed by atoms with E-state index in [1.54, 1.807) is 31.2 Å². The lowest BCUT2D eigenvalue weighted by Crippen LogP contribution is -2.18. The number of nitrogens with one attached hydrogen (secondary N) is 2. The molecule has 0 saturated carbocycles. The van der Waals surface area contributed by atoms with E-state index in [4.69, 9.17) is 4.74 Å². The minimum absolute atomic E-state index is 0.0488. The van der Waals surface area contributed by atoms with E-state index in [1.807, 2.05) is 4.72 Å². The molecule has 1 amide bonds. The maximum atomic E-state index is 13.2. The number of methoxy groups -OCH3 is 1. The maximum Gasteiger partial charge on any atom is 0.418 e. The summed E-state index contributed by atoms with van der Waals surface area (Å²) in [4.78, 5) is 12.3. The highest BCUT2D eigenvalue weighted by molar-refractivity contribution is 7.92. The predicted molar refractivity (Wildman–Crippen MR) is 114 cm³/mol. The molecule has 0 aliphatic rings. The number of benzene rings is 3. The van der Waals surface area contributed by atoms with Crippen LogP contribution in [0.4, 0.5) is 24.5 Å². The van der Waals surface area contributed by atoms with E-state index in [-0.39, 0.29) is 16.3 Å². The number of para-hydroxylation sites is 1. The molecule has 0 aliphatic heterocycles. The van der Waals surface area contributed by atoms with Crippen molar-refractivity contribution in [3.8, 4) is 5.75 Å². The molecule has 0 aromatic heterocycles. The molecular weight excluding hydrogens is 445 g/mol. The van der Waals surface area contributed by atoms with Crippen LogP contribution in [0.1, 0.15) is 21.5 Å². The van der Waals surface area contributed by atoms with Crippen LogP contribution in [-0.4, -0.2) is 21.4 Å². The molecule has 3 aromatic carbocycles. The third-order valence-corrected chi connectivity index (χ3v) is 5.96. The van der Waals surface area contributed by atoms with Crippen LogP contribution in [0.15, 0.2) is 71.6 Å². The molecule has 0 fully saturated rings. The predicted octanol–water partition coefficient (Wildman–Crippen LogP) is 5.08. The number of sulfonamides is 1. The number of aryl methyl sites for hydroxylation is 1. The molecule has 0 radical (unpaired) electrons. The van der Waals surface area contributed by atoms with Gasteiger partial charge in [-0.15, -0.1) is 0 Å². The second-order valence-electron chi connectivity index (χ2n) is 6.78. The Hall–Kier alpha value is -3.53. The minimum atomic E-state index is -4.74. The van der Waals surface area contributed by atoms with Gasteiger partial charge >= 0.3 is 6.18 Å². The number of halogens is 3. The third-order valence-electron chi connectivity index (χ3n) is 4.60. The fourth-order valence-corrected chi connectivity index (χ4v) is 4.10. The van der Waals surface area contributed by atoms with Crippen LogP contribution in [0.3, 0.4) is 0 Å². The number of rotatable bonds is 6. The van der Waals surface area contributed by atoms with Crippen molar-refractivity contribution in [2.24, 2.45) is 0 Å². The van der Waals surface area contributed by atoms with Crippen molar-refractivity contribution < 1.29 is 31.1 Å². The van der Waals surface area contributed by atoms with Crippen LogP contribution >= 0.6 is 0 Å². The van der Waals surface area contributed by atoms with Crippen LogP contribution < -0.4 is 14.8 Å². The van der Waals surface area contributed by atoms with Gasteiger partial charge in [-0.1, -0.05) is 30.3 Å². The second kappa shape index (κ2) is 8.91. The maximum absolute atomic E-state index is 13.2. The van der Waals surface area contributed by atoms with Crippen molar-refractivity contribution in [1.29, 1.82) is 0 Å². The number of carbonyl (C=O) groups is 1. The number of ether oxygens (including phenoxy) is 1. The van der Waals surface area contributed by atoms with E-state index in [0.29, 0.717) is 11.1 Å². The molecule has 0 aliphatic carbocycles. The van der Waals surface area contributed by atoms with Crippen molar-refractivity contribution in [3.05, 3.63) is 83.4 Å². The van der Waals surface area contributed by atoms with Gasteiger partial charge in [0.2, 0.25) is 0 Å². The fourth-order valence-electron chi connectivity index (χ4n) is 2.99. The number of hydrogen-bond acceptors (Lipinski definition) is 4. The molecule has 0 heterocycles. The summed E-state index contributed by atoms with van der Waals surface area (Å²) >= 11 is 0. The Morgan fingerprint density at radius 1 is 0.938 bits per heavy atom. The zero-order chi connectivity index (χ0) is 23.5. The van der Waals surface area contributed by atoms with Gasteiger partial charge < -0.3 is 10.1 Å². The smallest absolute Gasteiger partial charge is 0.418 e. The molecule has 3 rings (SSSR count). The highest BCUT2D eigenvalue weighted by Gasteiger charge is 2.34. The fraction of sp³-hybridized carbons (Fsp3) is 0.136. The molecule has 2 N–H and O–H groups in total. The van der Waals surface area contributed by atoms with E-state index in [9.17, 15) is 26.4 Å². The Bertz CT molecular complexity index is 1260. The van der Waals surface area contributed by atoms with Gasteiger partial charge in [-0.3, -0.25) is 9.52 Å². The molecule has 0 unspecified atom stereocenters. The van der Waals surface area contributed by atoms with Gasteiger partial charge in [0, 0.05) is 5.56 Å². The normalized spacial score (nSPS) is 11.7. The Morgan fingerprint density at radius 3 is 2.25 bits per heavy atom. The van der Waals surface area contributed by atoms with Crippen molar-refractivity contribution in [1.82, 2.24) is 0 Å². The summed E-state index contributed by atoms with van der Waals surface area (Å²) in [5.74, 6) is -0.312. The van der Waals surface area contributed by atoms with Crippen LogP contribution in [0.5, 0.6) is 5.75 Å². The largest absolute Gasteiger partial charge is 0.495 e. The first-order chi connectivity index (χ1) is 15.0. The minimum Gasteiger partial charge on any atom is -0.495 e. The second-order valence-corrected chi connectivity index (χ2v) is 8.46. The molecular formula is C22H19F3N2O4S. The number of hydrogen-bond donors (Lipinski definition) is 2. The first-order valence-electron chi connectivity index (χ1n) is 9.27. The summed E-state index contributed by atoms with van der Waals surface area (Å²) < 4.78 is 72.5. The number of alkyl halides is 3. The monoisotopic (exact) mass is 464 g/mol. The van der Waals surface area contributed by atoms with Gasteiger partial charge in [-0.25, -0.2) is 8.42 Å². The zero-order valence-corrected chi connectivity index (χ0v) is 17.8. The summed E-state index contributed by atoms with van der Waals surface area (Å²) in [6.07, 6.45) is -4.74. The molecule has 0 saturated heterocycles. The van der Waals surface area contributed by atoms with Crippen LogP contribution in [0.25, 0.3) is 0 Å². The van der Waals surface area contributed by atoms with E-state index in [1.165, 1.54) is 25.3 Å². The van der Waals surface area contributed by atoms with Gasteiger partial charge in [-0.2, -0.15) is 13.2 Å². The molecule has 6 nitrogen and oxygen atoms in total. The molecule has 32 heavy (non-hydrogen) atoms. The summed E-state index contributed by atoms with van der Waals surface area (Å²) in [6.45, 7) is 1.75. The quantitative estimate of drug-likeness (QED) is 0.533. The van der Waals surface area contributed by atoms with Gasteiger partial charge in [-0.05, 0) is 48.9 Å². The lowest BCUT2D eigenvalue weighted by molar-refractivity contribution is -0.136. The highest BCUT2D eigenvalue weighted by atomic mass is 32.2. The van der Waals surface area contributed by atoms with E-state index >= 15 is 0 Å². The van der Waals surface area contributed by atoms with E-state index < -0.39 is 33.4 Å². The summed E-state index contributed by atoms with van der Waals surface area (Å²) in [5, 5.41) is 2.59. The summed E-state index contributed by atoms with van der Waals surface area (Å²) in [7, 11) is -3.07. The van der Waals surface area contributed by atoms with Gasteiger partial charge in [0.15, 0.2) is 0 Å². The molecule has 10 heteroatoms. The van der Waals surface area contributed by atoms with Gasteiger partial charge in [0.25, 0.3) is 15.9 Å². The standard InChI is InChI=1S/C22H19F3N2O4S/c1-14-7-3-4-8-16(14)21(28)26-19-13-15(11-12-20(19)31-2)32(29,30)27-18-10-6-5-9-17(18)22(23,24)25/h3-13,27H,1-2H3,(H,26,28). The van der Waals surface area contributed by atoms with Crippen LogP contribution in [-0.2, 0) is 16.2 Å². The van der Waals surface area contributed by atoms with Crippen molar-refractivity contribution >= 4 is 27.3 Å². The molecule has 0 atom stereocenters.